The van der Waals surface area contributed by atoms with Crippen molar-refractivity contribution in [1.29, 1.82) is 0 Å². The van der Waals surface area contributed by atoms with Gasteiger partial charge in [-0.15, -0.1) is 0 Å². The highest BCUT2D eigenvalue weighted by Crippen LogP contribution is 2.19. The van der Waals surface area contributed by atoms with Crippen LogP contribution in [0.3, 0.4) is 0 Å². The molecule has 0 unspecified atom stereocenters. The maximum Gasteiger partial charge on any atom is 0.294 e. The lowest BCUT2D eigenvalue weighted by Crippen LogP contribution is -2.10. The molecule has 0 aliphatic carbocycles. The molecule has 6 heteroatoms. The molecule has 5 nitrogen and oxygen atoms in total. The van der Waals surface area contributed by atoms with Crippen LogP contribution in [0.15, 0.2) is 28.8 Å². The van der Waals surface area contributed by atoms with Gasteiger partial charge in [-0.25, -0.2) is 4.39 Å². The molecule has 0 saturated heterocycles. The van der Waals surface area contributed by atoms with Crippen LogP contribution in [0.1, 0.15) is 16.2 Å². The number of amides is 1. The monoisotopic (exact) mass is 236 g/mol. The maximum absolute atomic E-state index is 13.0. The summed E-state index contributed by atoms with van der Waals surface area (Å²) >= 11 is 0. The molecular formula is C11H9FN2O3. The predicted octanol–water partition coefficient (Wildman–Crippen LogP) is 2.08. The van der Waals surface area contributed by atoms with Gasteiger partial charge in [0, 0.05) is 17.8 Å². The molecule has 2 rings (SSSR count). The molecule has 17 heavy (non-hydrogen) atoms. The van der Waals surface area contributed by atoms with Crippen LogP contribution in [0.2, 0.25) is 0 Å². The summed E-state index contributed by atoms with van der Waals surface area (Å²) in [5.74, 6) is -1.78. The van der Waals surface area contributed by atoms with E-state index in [1.54, 1.807) is 6.92 Å². The number of rotatable bonds is 2. The number of aromatic hydroxyl groups is 1. The molecular weight excluding hydrogens is 227 g/mol. The SMILES string of the molecule is Cc1cc(C(=O)Nc2ccc(O)c(F)c2)on1. The number of halogens is 1. The fraction of sp³-hybridized carbons (Fsp3) is 0.0909. The largest absolute Gasteiger partial charge is 0.505 e. The molecule has 1 aromatic carbocycles. The van der Waals surface area contributed by atoms with E-state index in [2.05, 4.69) is 10.5 Å². The third-order valence-corrected chi connectivity index (χ3v) is 2.06. The first kappa shape index (κ1) is 11.1. The summed E-state index contributed by atoms with van der Waals surface area (Å²) in [5, 5.41) is 15.0. The number of aromatic nitrogens is 1. The smallest absolute Gasteiger partial charge is 0.294 e. The Labute approximate surface area is 95.9 Å². The van der Waals surface area contributed by atoms with Gasteiger partial charge in [0.25, 0.3) is 5.91 Å². The van der Waals surface area contributed by atoms with E-state index in [1.807, 2.05) is 0 Å². The van der Waals surface area contributed by atoms with Crippen LogP contribution in [0.4, 0.5) is 10.1 Å². The number of nitrogens with one attached hydrogen (secondary N) is 1. The van der Waals surface area contributed by atoms with Crippen LogP contribution in [0.25, 0.3) is 0 Å². The standard InChI is InChI=1S/C11H9FN2O3/c1-6-4-10(17-14-6)11(16)13-7-2-3-9(15)8(12)5-7/h2-5,15H,1H3,(H,13,16). The Morgan fingerprint density at radius 3 is 2.82 bits per heavy atom. The first-order valence-corrected chi connectivity index (χ1v) is 4.79. The number of carbonyl (C=O) groups excluding carboxylic acids is 1. The summed E-state index contributed by atoms with van der Waals surface area (Å²) in [5.41, 5.74) is 0.798. The van der Waals surface area contributed by atoms with Crippen molar-refractivity contribution < 1.29 is 18.8 Å². The van der Waals surface area contributed by atoms with Crippen molar-refractivity contribution in [3.05, 3.63) is 41.5 Å². The molecule has 0 bridgehead atoms. The van der Waals surface area contributed by atoms with Crippen LogP contribution in [-0.2, 0) is 0 Å². The first-order valence-electron chi connectivity index (χ1n) is 4.79. The zero-order valence-electron chi connectivity index (χ0n) is 8.90. The Balaban J connectivity index is 2.15. The number of benzene rings is 1. The summed E-state index contributed by atoms with van der Waals surface area (Å²) in [6.07, 6.45) is 0. The van der Waals surface area contributed by atoms with E-state index in [4.69, 9.17) is 9.63 Å². The Morgan fingerprint density at radius 1 is 1.47 bits per heavy atom. The van der Waals surface area contributed by atoms with E-state index in [0.717, 1.165) is 12.1 Å². The number of carbonyl (C=O) groups is 1. The first-order chi connectivity index (χ1) is 8.06. The minimum absolute atomic E-state index is 0.0379. The second kappa shape index (κ2) is 4.25. The summed E-state index contributed by atoms with van der Waals surface area (Å²) < 4.78 is 17.7. The minimum Gasteiger partial charge on any atom is -0.505 e. The second-order valence-electron chi connectivity index (χ2n) is 3.45. The van der Waals surface area contributed by atoms with Crippen molar-refractivity contribution in [3.8, 4) is 5.75 Å². The van der Waals surface area contributed by atoms with Gasteiger partial charge < -0.3 is 14.9 Å². The van der Waals surface area contributed by atoms with Gasteiger partial charge in [0.1, 0.15) is 0 Å². The lowest BCUT2D eigenvalue weighted by atomic mass is 10.2. The number of hydrogen-bond acceptors (Lipinski definition) is 4. The highest BCUT2D eigenvalue weighted by molar-refractivity contribution is 6.02. The topological polar surface area (TPSA) is 75.4 Å². The van der Waals surface area contributed by atoms with E-state index in [-0.39, 0.29) is 11.4 Å². The van der Waals surface area contributed by atoms with Gasteiger partial charge in [0.05, 0.1) is 5.69 Å². The van der Waals surface area contributed by atoms with Crippen LogP contribution in [-0.4, -0.2) is 16.2 Å². The Bertz CT molecular complexity index is 566. The number of hydrogen-bond donors (Lipinski definition) is 2. The molecule has 88 valence electrons. The molecule has 0 fully saturated rings. The molecule has 0 radical (unpaired) electrons. The van der Waals surface area contributed by atoms with Crippen molar-refractivity contribution in [1.82, 2.24) is 5.16 Å². The van der Waals surface area contributed by atoms with Crippen molar-refractivity contribution in [3.63, 3.8) is 0 Å². The average Bonchev–Trinajstić information content (AvgIpc) is 2.70. The molecule has 1 amide bonds. The molecule has 1 aromatic heterocycles. The quantitative estimate of drug-likeness (QED) is 0.783. The Morgan fingerprint density at radius 2 is 2.24 bits per heavy atom. The van der Waals surface area contributed by atoms with Crippen LogP contribution < -0.4 is 5.32 Å². The zero-order chi connectivity index (χ0) is 12.4. The number of phenolic OH excluding ortho intramolecular Hbond substituents is 1. The summed E-state index contributed by atoms with van der Waals surface area (Å²) in [7, 11) is 0. The molecule has 2 N–H and O–H groups in total. The molecule has 0 aliphatic rings. The van der Waals surface area contributed by atoms with E-state index >= 15 is 0 Å². The summed E-state index contributed by atoms with van der Waals surface area (Å²) in [6.45, 7) is 1.68. The molecule has 0 spiro atoms. The molecule has 0 atom stereocenters. The van der Waals surface area contributed by atoms with Crippen molar-refractivity contribution in [2.75, 3.05) is 5.32 Å². The number of aryl methyl sites for hydroxylation is 1. The lowest BCUT2D eigenvalue weighted by molar-refractivity contribution is 0.0988. The average molecular weight is 236 g/mol. The minimum atomic E-state index is -0.809. The van der Waals surface area contributed by atoms with Crippen molar-refractivity contribution in [2.45, 2.75) is 6.92 Å². The van der Waals surface area contributed by atoms with Crippen molar-refractivity contribution >= 4 is 11.6 Å². The number of anilines is 1. The van der Waals surface area contributed by atoms with E-state index in [0.29, 0.717) is 5.69 Å². The van der Waals surface area contributed by atoms with E-state index in [1.165, 1.54) is 12.1 Å². The van der Waals surface area contributed by atoms with Crippen LogP contribution in [0, 0.1) is 12.7 Å². The fourth-order valence-electron chi connectivity index (χ4n) is 1.25. The molecule has 0 saturated carbocycles. The van der Waals surface area contributed by atoms with Gasteiger partial charge in [-0.3, -0.25) is 4.79 Å². The highest BCUT2D eigenvalue weighted by atomic mass is 19.1. The maximum atomic E-state index is 13.0. The Hall–Kier alpha value is -2.37. The van der Waals surface area contributed by atoms with E-state index in [9.17, 15) is 9.18 Å². The third kappa shape index (κ3) is 2.41. The van der Waals surface area contributed by atoms with Gasteiger partial charge in [-0.1, -0.05) is 5.16 Å². The number of nitrogens with zero attached hydrogens (tertiary/aromatic N) is 1. The summed E-state index contributed by atoms with van der Waals surface area (Å²) in [4.78, 5) is 11.6. The van der Waals surface area contributed by atoms with Crippen LogP contribution in [0.5, 0.6) is 5.75 Å². The van der Waals surface area contributed by atoms with Gasteiger partial charge in [0.15, 0.2) is 11.6 Å². The van der Waals surface area contributed by atoms with Gasteiger partial charge >= 0.3 is 0 Å². The third-order valence-electron chi connectivity index (χ3n) is 2.06. The van der Waals surface area contributed by atoms with E-state index < -0.39 is 17.5 Å². The molecule has 1 heterocycles. The van der Waals surface area contributed by atoms with Gasteiger partial charge in [-0.2, -0.15) is 0 Å². The lowest BCUT2D eigenvalue weighted by Gasteiger charge is -2.03. The zero-order valence-corrected chi connectivity index (χ0v) is 8.90. The second-order valence-corrected chi connectivity index (χ2v) is 3.45. The highest BCUT2D eigenvalue weighted by Gasteiger charge is 2.12. The Kier molecular flexibility index (Phi) is 2.78. The molecule has 0 aliphatic heterocycles. The van der Waals surface area contributed by atoms with Crippen LogP contribution >= 0.6 is 0 Å². The fourth-order valence-corrected chi connectivity index (χ4v) is 1.25. The molecule has 2 aromatic rings. The normalized spacial score (nSPS) is 10.2. The number of phenols is 1. The van der Waals surface area contributed by atoms with Gasteiger partial charge in [-0.05, 0) is 19.1 Å². The predicted molar refractivity (Wildman–Crippen MR) is 57.3 cm³/mol. The van der Waals surface area contributed by atoms with Crippen molar-refractivity contribution in [2.24, 2.45) is 0 Å². The van der Waals surface area contributed by atoms with Gasteiger partial charge in [0.2, 0.25) is 5.76 Å². The summed E-state index contributed by atoms with van der Waals surface area (Å²) in [6, 6.07) is 5.00.